The standard InChI is InChI=1S/C27H37NO4/c1-6-8-9-15-32-26(30)23-18(3)28-21-16-27(4,5)17-22(29)25(21)24(23)19-10-12-20(13-11-19)31-14-7-2/h10-13,23-24H,6-9,14-17H2,1-5H3/t23?,24-/m0/s1. The van der Waals surface area contributed by atoms with Crippen LogP contribution in [0.1, 0.15) is 84.6 Å². The van der Waals surface area contributed by atoms with Crippen LogP contribution >= 0.6 is 0 Å². The summed E-state index contributed by atoms with van der Waals surface area (Å²) in [5, 5.41) is 0. The molecule has 0 fully saturated rings. The molecule has 0 aromatic heterocycles. The number of ketones is 1. The number of rotatable bonds is 9. The van der Waals surface area contributed by atoms with Crippen molar-refractivity contribution < 1.29 is 19.1 Å². The predicted octanol–water partition coefficient (Wildman–Crippen LogP) is 6.03. The number of aliphatic imine (C=N–C) groups is 1. The van der Waals surface area contributed by atoms with Gasteiger partial charge in [0.25, 0.3) is 0 Å². The normalized spacial score (nSPS) is 22.3. The largest absolute Gasteiger partial charge is 0.494 e. The van der Waals surface area contributed by atoms with E-state index in [1.54, 1.807) is 0 Å². The van der Waals surface area contributed by atoms with E-state index in [1.807, 2.05) is 31.2 Å². The lowest BCUT2D eigenvalue weighted by molar-refractivity contribution is -0.146. The van der Waals surface area contributed by atoms with Crippen LogP contribution in [0.5, 0.6) is 5.75 Å². The number of nitrogens with zero attached hydrogens (tertiary/aromatic N) is 1. The third-order valence-electron chi connectivity index (χ3n) is 6.26. The van der Waals surface area contributed by atoms with Crippen molar-refractivity contribution >= 4 is 17.5 Å². The van der Waals surface area contributed by atoms with Gasteiger partial charge in [0.1, 0.15) is 11.7 Å². The maximum atomic E-state index is 13.3. The van der Waals surface area contributed by atoms with Crippen molar-refractivity contribution in [2.24, 2.45) is 16.3 Å². The summed E-state index contributed by atoms with van der Waals surface area (Å²) in [5.74, 6) is -0.357. The molecule has 0 radical (unpaired) electrons. The first-order valence-electron chi connectivity index (χ1n) is 12.0. The molecule has 32 heavy (non-hydrogen) atoms. The number of esters is 1. The van der Waals surface area contributed by atoms with Gasteiger partial charge in [0.2, 0.25) is 0 Å². The van der Waals surface area contributed by atoms with Gasteiger partial charge in [-0.25, -0.2) is 0 Å². The maximum Gasteiger partial charge on any atom is 0.315 e. The number of Topliss-reactive ketones (excluding diaryl/α,β-unsaturated/α-hetero) is 1. The van der Waals surface area contributed by atoms with E-state index in [2.05, 4.69) is 27.7 Å². The summed E-state index contributed by atoms with van der Waals surface area (Å²) < 4.78 is 11.4. The number of unbranched alkanes of at least 4 members (excludes halogenated alkanes) is 2. The topological polar surface area (TPSA) is 65.0 Å². The summed E-state index contributed by atoms with van der Waals surface area (Å²) in [7, 11) is 0. The Balaban J connectivity index is 1.97. The van der Waals surface area contributed by atoms with E-state index in [-0.39, 0.29) is 23.1 Å². The zero-order valence-corrected chi connectivity index (χ0v) is 20.2. The van der Waals surface area contributed by atoms with Crippen molar-refractivity contribution in [1.82, 2.24) is 0 Å². The van der Waals surface area contributed by atoms with Gasteiger partial charge in [-0.05, 0) is 49.3 Å². The van der Waals surface area contributed by atoms with E-state index in [0.717, 1.165) is 54.8 Å². The molecule has 0 amide bonds. The molecular weight excluding hydrogens is 402 g/mol. The molecule has 5 nitrogen and oxygen atoms in total. The average molecular weight is 440 g/mol. The summed E-state index contributed by atoms with van der Waals surface area (Å²) >= 11 is 0. The number of benzene rings is 1. The molecule has 174 valence electrons. The molecule has 0 N–H and O–H groups in total. The van der Waals surface area contributed by atoms with Crippen LogP contribution in [0.25, 0.3) is 0 Å². The third-order valence-corrected chi connectivity index (χ3v) is 6.26. The molecule has 2 aliphatic rings. The van der Waals surface area contributed by atoms with Gasteiger partial charge < -0.3 is 9.47 Å². The molecule has 1 aromatic rings. The Morgan fingerprint density at radius 1 is 1.06 bits per heavy atom. The molecule has 2 atom stereocenters. The second kappa shape index (κ2) is 10.5. The maximum absolute atomic E-state index is 13.3. The van der Waals surface area contributed by atoms with E-state index >= 15 is 0 Å². The van der Waals surface area contributed by atoms with Crippen LogP contribution in [0.2, 0.25) is 0 Å². The minimum Gasteiger partial charge on any atom is -0.494 e. The van der Waals surface area contributed by atoms with E-state index in [4.69, 9.17) is 14.5 Å². The molecule has 0 bridgehead atoms. The third kappa shape index (κ3) is 5.48. The molecule has 1 heterocycles. The second-order valence-corrected chi connectivity index (χ2v) is 9.80. The van der Waals surface area contributed by atoms with E-state index in [9.17, 15) is 9.59 Å². The van der Waals surface area contributed by atoms with Crippen molar-refractivity contribution in [2.75, 3.05) is 13.2 Å². The highest BCUT2D eigenvalue weighted by Crippen LogP contribution is 2.48. The van der Waals surface area contributed by atoms with Gasteiger partial charge in [0.05, 0.1) is 13.2 Å². The molecular formula is C27H37NO4. The van der Waals surface area contributed by atoms with Gasteiger partial charge in [0, 0.05) is 29.3 Å². The monoisotopic (exact) mass is 439 g/mol. The molecule has 3 rings (SSSR count). The predicted molar refractivity (Wildman–Crippen MR) is 127 cm³/mol. The fourth-order valence-electron chi connectivity index (χ4n) is 4.72. The SMILES string of the molecule is CCCCCOC(=O)C1C(C)=NC2=C(C(=O)CC(C)(C)C2)[C@H]1c1ccc(OCCC)cc1. The van der Waals surface area contributed by atoms with Crippen molar-refractivity contribution in [3.8, 4) is 5.75 Å². The zero-order chi connectivity index (χ0) is 23.3. The Kier molecular flexibility index (Phi) is 7.91. The molecule has 0 saturated heterocycles. The Bertz CT molecular complexity index is 895. The minimum absolute atomic E-state index is 0.0904. The summed E-state index contributed by atoms with van der Waals surface area (Å²) in [6, 6.07) is 7.80. The number of allylic oxidation sites excluding steroid dienone is 2. The van der Waals surface area contributed by atoms with Gasteiger partial charge in [0.15, 0.2) is 5.78 Å². The average Bonchev–Trinajstić information content (AvgIpc) is 2.73. The number of hydrogen-bond acceptors (Lipinski definition) is 5. The first kappa shape index (κ1) is 24.2. The first-order chi connectivity index (χ1) is 15.3. The van der Waals surface area contributed by atoms with Crippen molar-refractivity contribution in [1.29, 1.82) is 0 Å². The van der Waals surface area contributed by atoms with Crippen LogP contribution in [0.3, 0.4) is 0 Å². The number of carbonyl (C=O) groups is 2. The van der Waals surface area contributed by atoms with Crippen molar-refractivity contribution in [3.05, 3.63) is 41.1 Å². The van der Waals surface area contributed by atoms with Gasteiger partial charge in [-0.3, -0.25) is 14.6 Å². The van der Waals surface area contributed by atoms with Gasteiger partial charge in [-0.2, -0.15) is 0 Å². The molecule has 0 saturated carbocycles. The first-order valence-corrected chi connectivity index (χ1v) is 12.0. The van der Waals surface area contributed by atoms with Crippen LogP contribution in [0.15, 0.2) is 40.5 Å². The Morgan fingerprint density at radius 3 is 2.44 bits per heavy atom. The highest BCUT2D eigenvalue weighted by atomic mass is 16.5. The van der Waals surface area contributed by atoms with E-state index < -0.39 is 5.92 Å². The van der Waals surface area contributed by atoms with Gasteiger partial charge >= 0.3 is 5.97 Å². The second-order valence-electron chi connectivity index (χ2n) is 9.80. The Labute approximate surface area is 192 Å². The highest BCUT2D eigenvalue weighted by molar-refractivity contribution is 6.09. The minimum atomic E-state index is -0.581. The quantitative estimate of drug-likeness (QED) is 0.348. The highest BCUT2D eigenvalue weighted by Gasteiger charge is 2.46. The fraction of sp³-hybridized carbons (Fsp3) is 0.593. The van der Waals surface area contributed by atoms with E-state index in [1.165, 1.54) is 0 Å². The number of hydrogen-bond donors (Lipinski definition) is 0. The van der Waals surface area contributed by atoms with Crippen molar-refractivity contribution in [2.45, 2.75) is 79.1 Å². The molecule has 1 aromatic carbocycles. The van der Waals surface area contributed by atoms with Crippen molar-refractivity contribution in [3.63, 3.8) is 0 Å². The lowest BCUT2D eigenvalue weighted by Gasteiger charge is -2.39. The molecule has 1 unspecified atom stereocenters. The van der Waals surface area contributed by atoms with Crippen LogP contribution in [-0.4, -0.2) is 30.7 Å². The Morgan fingerprint density at radius 2 is 1.78 bits per heavy atom. The number of carbonyl (C=O) groups excluding carboxylic acids is 2. The summed E-state index contributed by atoms with van der Waals surface area (Å²) in [6.07, 6.45) is 5.07. The lowest BCUT2D eigenvalue weighted by Crippen LogP contribution is -2.39. The summed E-state index contributed by atoms with van der Waals surface area (Å²) in [6.45, 7) is 11.3. The molecule has 1 aliphatic carbocycles. The zero-order valence-electron chi connectivity index (χ0n) is 20.2. The van der Waals surface area contributed by atoms with Gasteiger partial charge in [-0.1, -0.05) is 52.7 Å². The molecule has 5 heteroatoms. The lowest BCUT2D eigenvalue weighted by atomic mass is 9.67. The summed E-state index contributed by atoms with van der Waals surface area (Å²) in [4.78, 5) is 31.3. The van der Waals surface area contributed by atoms with Gasteiger partial charge in [-0.15, -0.1) is 0 Å². The van der Waals surface area contributed by atoms with Crippen LogP contribution in [-0.2, 0) is 14.3 Å². The van der Waals surface area contributed by atoms with E-state index in [0.29, 0.717) is 25.2 Å². The van der Waals surface area contributed by atoms with Crippen LogP contribution in [0.4, 0.5) is 0 Å². The Hall–Kier alpha value is -2.43. The molecule has 1 aliphatic heterocycles. The van der Waals surface area contributed by atoms with Crippen LogP contribution < -0.4 is 4.74 Å². The molecule has 0 spiro atoms. The fourth-order valence-corrected chi connectivity index (χ4v) is 4.72. The summed E-state index contributed by atoms with van der Waals surface area (Å²) in [5.41, 5.74) is 3.04. The van der Waals surface area contributed by atoms with Crippen LogP contribution in [0, 0.1) is 11.3 Å². The number of ether oxygens (including phenoxy) is 2. The smallest absolute Gasteiger partial charge is 0.315 e.